The molecule has 2 rings (SSSR count). The van der Waals surface area contributed by atoms with Gasteiger partial charge in [0.1, 0.15) is 11.2 Å². The number of carbonyl (C=O) groups excluding carboxylic acids is 2. The molecule has 228 valence electrons. The van der Waals surface area contributed by atoms with Gasteiger partial charge in [-0.3, -0.25) is 0 Å². The minimum Gasteiger partial charge on any atom is -0.444 e. The van der Waals surface area contributed by atoms with E-state index < -0.39 is 11.2 Å². The van der Waals surface area contributed by atoms with Crippen LogP contribution in [0.3, 0.4) is 0 Å². The van der Waals surface area contributed by atoms with Crippen molar-refractivity contribution in [1.29, 1.82) is 0 Å². The largest absolute Gasteiger partial charge is 0.444 e. The van der Waals surface area contributed by atoms with Crippen LogP contribution in [0, 0.1) is 23.7 Å². The van der Waals surface area contributed by atoms with Gasteiger partial charge in [-0.15, -0.1) is 0 Å². The lowest BCUT2D eigenvalue weighted by atomic mass is 9.85. The minimum absolute atomic E-state index is 0. The third-order valence-corrected chi connectivity index (χ3v) is 6.66. The second-order valence-electron chi connectivity index (χ2n) is 12.2. The number of aliphatic hydroxyl groups is 1. The van der Waals surface area contributed by atoms with Gasteiger partial charge >= 0.3 is 12.2 Å². The smallest absolute Gasteiger partial charge is 0.410 e. The van der Waals surface area contributed by atoms with E-state index in [0.29, 0.717) is 23.7 Å². The van der Waals surface area contributed by atoms with Crippen molar-refractivity contribution >= 4 is 34.8 Å². The second-order valence-corrected chi connectivity index (χ2v) is 12.2. The first-order valence-electron chi connectivity index (χ1n) is 13.6. The van der Waals surface area contributed by atoms with Crippen LogP contribution in [0.4, 0.5) is 9.59 Å². The molecular weight excluding hydrogens is 599 g/mol. The van der Waals surface area contributed by atoms with E-state index in [0.717, 1.165) is 58.5 Å². The molecule has 4 atom stereocenters. The maximum atomic E-state index is 12.0. The van der Waals surface area contributed by atoms with Crippen LogP contribution < -0.4 is 0 Å². The van der Waals surface area contributed by atoms with E-state index in [1.807, 2.05) is 51.4 Å². The van der Waals surface area contributed by atoms with Gasteiger partial charge in [-0.05, 0) is 95.8 Å². The summed E-state index contributed by atoms with van der Waals surface area (Å²) >= 11 is 2.15. The number of methoxy groups -OCH3 is 1. The zero-order valence-corrected chi connectivity index (χ0v) is 27.3. The zero-order valence-electron chi connectivity index (χ0n) is 25.1. The Hall–Kier alpha value is -0.810. The average molecular weight is 659 g/mol. The molecule has 2 amide bonds. The number of piperidine rings is 2. The van der Waals surface area contributed by atoms with Gasteiger partial charge in [0.15, 0.2) is 0 Å². The van der Waals surface area contributed by atoms with Gasteiger partial charge in [0.2, 0.25) is 0 Å². The fourth-order valence-electron chi connectivity index (χ4n) is 4.67. The first-order valence-corrected chi connectivity index (χ1v) is 15.8. The third-order valence-electron chi connectivity index (χ3n) is 6.66. The number of ether oxygens (including phenoxy) is 3. The number of alkyl halides is 1. The van der Waals surface area contributed by atoms with Gasteiger partial charge in [0.05, 0.1) is 0 Å². The summed E-state index contributed by atoms with van der Waals surface area (Å²) in [5.74, 6) is 2.13. The van der Waals surface area contributed by atoms with Crippen molar-refractivity contribution in [3.8, 4) is 0 Å². The third kappa shape index (κ3) is 16.3. The molecule has 0 bridgehead atoms. The van der Waals surface area contributed by atoms with Crippen LogP contribution in [-0.4, -0.2) is 89.7 Å². The minimum atomic E-state index is -0.428. The lowest BCUT2D eigenvalue weighted by Gasteiger charge is -2.37. The highest BCUT2D eigenvalue weighted by atomic mass is 127. The number of aliphatic hydroxyl groups excluding tert-OH is 1. The van der Waals surface area contributed by atoms with Crippen LogP contribution in [0.5, 0.6) is 0 Å². The molecule has 2 fully saturated rings. The monoisotopic (exact) mass is 658 g/mol. The maximum Gasteiger partial charge on any atom is 0.410 e. The number of nitrogens with zero attached hydrogens (tertiary/aromatic N) is 2. The highest BCUT2D eigenvalue weighted by Crippen LogP contribution is 2.28. The lowest BCUT2D eigenvalue weighted by Crippen LogP contribution is -2.45. The van der Waals surface area contributed by atoms with E-state index in [-0.39, 0.29) is 26.2 Å². The molecule has 0 aromatic rings. The van der Waals surface area contributed by atoms with Crippen LogP contribution >= 0.6 is 22.6 Å². The topological polar surface area (TPSA) is 88.5 Å². The molecule has 0 aliphatic carbocycles. The molecule has 1 N–H and O–H groups in total. The number of hydrogen-bond acceptors (Lipinski definition) is 6. The summed E-state index contributed by atoms with van der Waals surface area (Å²) in [6.45, 7) is 19.8. The standard InChI is InChI=1S/C14H27NO3.C13H25NO3.CH3I.CH4/c1-11-10-15(13(16)18-14(2,3)4)8-6-12(11)7-9-17-5;1-10-9-14(7-5-11(10)6-8-15)12(16)17-13(2,3)4;1-2;/h11-12H,6-10H2,1-5H3;10-11,15H,5-9H2,1-4H3;1H3;1H4. The van der Waals surface area contributed by atoms with E-state index in [9.17, 15) is 9.59 Å². The summed E-state index contributed by atoms with van der Waals surface area (Å²) in [5, 5.41) is 8.96. The summed E-state index contributed by atoms with van der Waals surface area (Å²) in [6.07, 6.45) is 3.53. The highest BCUT2D eigenvalue weighted by Gasteiger charge is 2.32. The normalized spacial score (nSPS) is 23.6. The summed E-state index contributed by atoms with van der Waals surface area (Å²) in [5.41, 5.74) is -0.838. The molecule has 0 aromatic heterocycles. The van der Waals surface area contributed by atoms with E-state index in [4.69, 9.17) is 19.3 Å². The molecular formula is C29H59IN2O6. The van der Waals surface area contributed by atoms with Crippen molar-refractivity contribution in [3.63, 3.8) is 0 Å². The Morgan fingerprint density at radius 3 is 1.47 bits per heavy atom. The van der Waals surface area contributed by atoms with Crippen LogP contribution in [0.1, 0.15) is 88.5 Å². The Morgan fingerprint density at radius 2 is 1.18 bits per heavy atom. The number of amides is 2. The molecule has 2 heterocycles. The fourth-order valence-corrected chi connectivity index (χ4v) is 4.67. The van der Waals surface area contributed by atoms with Crippen molar-refractivity contribution in [1.82, 2.24) is 9.80 Å². The molecule has 2 aliphatic rings. The summed E-state index contributed by atoms with van der Waals surface area (Å²) in [6, 6.07) is 0. The van der Waals surface area contributed by atoms with Gasteiger partial charge in [-0.25, -0.2) is 9.59 Å². The molecule has 38 heavy (non-hydrogen) atoms. The summed E-state index contributed by atoms with van der Waals surface area (Å²) < 4.78 is 15.9. The number of halogens is 1. The molecule has 9 heteroatoms. The molecule has 0 saturated carbocycles. The predicted octanol–water partition coefficient (Wildman–Crippen LogP) is 6.87. The van der Waals surface area contributed by atoms with Crippen molar-refractivity contribution in [2.75, 3.05) is 51.4 Å². The molecule has 2 saturated heterocycles. The lowest BCUT2D eigenvalue weighted by molar-refractivity contribution is 0.00879. The van der Waals surface area contributed by atoms with Gasteiger partial charge in [-0.1, -0.05) is 43.9 Å². The molecule has 0 spiro atoms. The number of carbonyl (C=O) groups is 2. The van der Waals surface area contributed by atoms with E-state index >= 15 is 0 Å². The van der Waals surface area contributed by atoms with Crippen LogP contribution in [0.25, 0.3) is 0 Å². The average Bonchev–Trinajstić information content (AvgIpc) is 2.79. The quantitative estimate of drug-likeness (QED) is 0.257. The zero-order chi connectivity index (χ0) is 28.8. The van der Waals surface area contributed by atoms with Gasteiger partial charge < -0.3 is 29.1 Å². The summed E-state index contributed by atoms with van der Waals surface area (Å²) in [4.78, 5) is 29.4. The second kappa shape index (κ2) is 19.3. The van der Waals surface area contributed by atoms with E-state index in [2.05, 4.69) is 36.4 Å². The van der Waals surface area contributed by atoms with Gasteiger partial charge in [0, 0.05) is 46.5 Å². The Bertz CT molecular complexity index is 650. The van der Waals surface area contributed by atoms with E-state index in [1.54, 1.807) is 12.0 Å². The summed E-state index contributed by atoms with van der Waals surface area (Å²) in [7, 11) is 1.74. The van der Waals surface area contributed by atoms with Crippen LogP contribution in [0.15, 0.2) is 0 Å². The van der Waals surface area contributed by atoms with Crippen molar-refractivity contribution in [2.45, 2.75) is 99.7 Å². The van der Waals surface area contributed by atoms with Crippen molar-refractivity contribution in [2.24, 2.45) is 23.7 Å². The van der Waals surface area contributed by atoms with E-state index in [1.165, 1.54) is 0 Å². The number of hydrogen-bond donors (Lipinski definition) is 1. The molecule has 8 nitrogen and oxygen atoms in total. The Morgan fingerprint density at radius 1 is 0.816 bits per heavy atom. The predicted molar refractivity (Wildman–Crippen MR) is 165 cm³/mol. The molecule has 4 unspecified atom stereocenters. The Balaban J connectivity index is 0. The van der Waals surface area contributed by atoms with Gasteiger partial charge in [-0.2, -0.15) is 0 Å². The molecule has 0 aromatic carbocycles. The number of likely N-dealkylation sites (tertiary alicyclic amines) is 2. The van der Waals surface area contributed by atoms with Gasteiger partial charge in [0.25, 0.3) is 0 Å². The SMILES string of the molecule is C.CC1CN(C(=O)OC(C)(C)C)CCC1CCO.CI.COCCC1CCN(C(=O)OC(C)(C)C)CC1C. The Labute approximate surface area is 247 Å². The first-order chi connectivity index (χ1) is 17.2. The fraction of sp³-hybridized carbons (Fsp3) is 0.931. The number of rotatable bonds is 5. The molecule has 2 aliphatic heterocycles. The maximum absolute atomic E-state index is 12.0. The molecule has 0 radical (unpaired) electrons. The van der Waals surface area contributed by atoms with Crippen molar-refractivity contribution in [3.05, 3.63) is 0 Å². The highest BCUT2D eigenvalue weighted by molar-refractivity contribution is 14.1. The van der Waals surface area contributed by atoms with Crippen LogP contribution in [-0.2, 0) is 14.2 Å². The first kappa shape index (κ1) is 39.3. The van der Waals surface area contributed by atoms with Crippen LogP contribution in [0.2, 0.25) is 0 Å². The Kier molecular flexibility index (Phi) is 20.0. The van der Waals surface area contributed by atoms with Crippen molar-refractivity contribution < 1.29 is 28.9 Å².